The second kappa shape index (κ2) is 13.3. The van der Waals surface area contributed by atoms with Crippen LogP contribution in [0.3, 0.4) is 0 Å². The normalized spacial score (nSPS) is 12.3. The van der Waals surface area contributed by atoms with Gasteiger partial charge in [-0.15, -0.1) is 0 Å². The van der Waals surface area contributed by atoms with Gasteiger partial charge in [0.25, 0.3) is 10.0 Å². The van der Waals surface area contributed by atoms with E-state index < -0.39 is 34.1 Å². The highest BCUT2D eigenvalue weighted by atomic mass is 35.5. The third kappa shape index (κ3) is 8.37. The van der Waals surface area contributed by atoms with Crippen molar-refractivity contribution in [2.75, 3.05) is 25.1 Å². The lowest BCUT2D eigenvalue weighted by Crippen LogP contribution is -2.54. The lowest BCUT2D eigenvalue weighted by atomic mass is 10.1. The Balaban J connectivity index is 2.04. The van der Waals surface area contributed by atoms with Gasteiger partial charge in [0.1, 0.15) is 24.1 Å². The number of ether oxygens (including phenoxy) is 2. The van der Waals surface area contributed by atoms with Crippen molar-refractivity contribution in [2.24, 2.45) is 0 Å². The third-order valence-corrected chi connectivity index (χ3v) is 8.23. The zero-order chi connectivity index (χ0) is 30.4. The minimum atomic E-state index is -4.21. The van der Waals surface area contributed by atoms with Crippen LogP contribution in [0.15, 0.2) is 77.7 Å². The lowest BCUT2D eigenvalue weighted by molar-refractivity contribution is -0.140. The maximum absolute atomic E-state index is 14.0. The van der Waals surface area contributed by atoms with E-state index in [1.54, 1.807) is 37.3 Å². The van der Waals surface area contributed by atoms with Crippen LogP contribution in [-0.4, -0.2) is 57.5 Å². The number of benzene rings is 3. The highest BCUT2D eigenvalue weighted by molar-refractivity contribution is 7.92. The Morgan fingerprint density at radius 2 is 1.54 bits per heavy atom. The van der Waals surface area contributed by atoms with Crippen molar-refractivity contribution in [2.45, 2.75) is 50.7 Å². The maximum atomic E-state index is 14.0. The standard InChI is InChI=1S/C30H36ClN3O6S/c1-21(29(36)32-30(2,3)4)33(19-22-8-7-9-26(18-22)40-6)28(35)20-34(24-12-10-23(31)11-13-24)41(37,38)27-16-14-25(39-5)15-17-27/h7-18,21H,19-20H2,1-6H3,(H,32,36)/t21-/m0/s1. The van der Waals surface area contributed by atoms with E-state index in [-0.39, 0.29) is 23.0 Å². The molecule has 0 saturated heterocycles. The van der Waals surface area contributed by atoms with Crippen LogP contribution in [0.5, 0.6) is 11.5 Å². The van der Waals surface area contributed by atoms with Crippen molar-refractivity contribution < 1.29 is 27.5 Å². The summed E-state index contributed by atoms with van der Waals surface area (Å²) in [6, 6.07) is 18.2. The summed E-state index contributed by atoms with van der Waals surface area (Å²) in [6.45, 7) is 6.63. The quantitative estimate of drug-likeness (QED) is 0.336. The molecule has 41 heavy (non-hydrogen) atoms. The molecule has 0 fully saturated rings. The monoisotopic (exact) mass is 601 g/mol. The molecular weight excluding hydrogens is 566 g/mol. The number of carbonyl (C=O) groups excluding carboxylic acids is 2. The fourth-order valence-corrected chi connectivity index (χ4v) is 5.58. The number of nitrogens with one attached hydrogen (secondary N) is 1. The van der Waals surface area contributed by atoms with Gasteiger partial charge in [0, 0.05) is 17.1 Å². The molecule has 0 aliphatic carbocycles. The summed E-state index contributed by atoms with van der Waals surface area (Å²) in [5, 5.41) is 3.32. The number of carbonyl (C=O) groups is 2. The smallest absolute Gasteiger partial charge is 0.264 e. The summed E-state index contributed by atoms with van der Waals surface area (Å²) in [5.41, 5.74) is 0.416. The molecule has 0 heterocycles. The van der Waals surface area contributed by atoms with Gasteiger partial charge >= 0.3 is 0 Å². The van der Waals surface area contributed by atoms with Gasteiger partial charge in [0.05, 0.1) is 24.8 Å². The molecule has 0 radical (unpaired) electrons. The molecule has 3 rings (SSSR count). The second-order valence-electron chi connectivity index (χ2n) is 10.5. The van der Waals surface area contributed by atoms with E-state index in [0.717, 1.165) is 4.31 Å². The number of nitrogens with zero attached hydrogens (tertiary/aromatic N) is 2. The predicted octanol–water partition coefficient (Wildman–Crippen LogP) is 4.88. The molecule has 3 aromatic carbocycles. The van der Waals surface area contributed by atoms with Crippen LogP contribution in [0.25, 0.3) is 0 Å². The van der Waals surface area contributed by atoms with Gasteiger partial charge in [0.2, 0.25) is 11.8 Å². The topological polar surface area (TPSA) is 105 Å². The first kappa shape index (κ1) is 31.8. The van der Waals surface area contributed by atoms with Crippen LogP contribution in [0, 0.1) is 0 Å². The molecule has 3 aromatic rings. The first-order valence-corrected chi connectivity index (χ1v) is 14.7. The second-order valence-corrected chi connectivity index (χ2v) is 12.8. The summed E-state index contributed by atoms with van der Waals surface area (Å²) >= 11 is 6.07. The number of anilines is 1. The minimum absolute atomic E-state index is 0.0288. The van der Waals surface area contributed by atoms with Gasteiger partial charge in [0.15, 0.2) is 0 Å². The summed E-state index contributed by atoms with van der Waals surface area (Å²) in [6.07, 6.45) is 0. The average Bonchev–Trinajstić information content (AvgIpc) is 2.93. The molecule has 0 spiro atoms. The fraction of sp³-hybridized carbons (Fsp3) is 0.333. The Labute approximate surface area is 247 Å². The SMILES string of the molecule is COc1ccc(S(=O)(=O)N(CC(=O)N(Cc2cccc(OC)c2)[C@@H](C)C(=O)NC(C)(C)C)c2ccc(Cl)cc2)cc1. The number of hydrogen-bond donors (Lipinski definition) is 1. The van der Waals surface area contributed by atoms with E-state index in [0.29, 0.717) is 22.1 Å². The van der Waals surface area contributed by atoms with E-state index in [1.807, 2.05) is 26.8 Å². The number of sulfonamides is 1. The van der Waals surface area contributed by atoms with E-state index in [9.17, 15) is 18.0 Å². The third-order valence-electron chi connectivity index (χ3n) is 6.19. The Hall–Kier alpha value is -3.76. The van der Waals surface area contributed by atoms with Crippen molar-refractivity contribution in [3.05, 3.63) is 83.4 Å². The number of halogens is 1. The van der Waals surface area contributed by atoms with Gasteiger partial charge in [-0.3, -0.25) is 13.9 Å². The molecule has 2 amide bonds. The molecule has 1 N–H and O–H groups in total. The highest BCUT2D eigenvalue weighted by Crippen LogP contribution is 2.27. The van der Waals surface area contributed by atoms with Crippen LogP contribution in [0.4, 0.5) is 5.69 Å². The average molecular weight is 602 g/mol. The summed E-state index contributed by atoms with van der Waals surface area (Å²) in [5.74, 6) is 0.133. The van der Waals surface area contributed by atoms with Crippen molar-refractivity contribution in [3.63, 3.8) is 0 Å². The molecule has 0 bridgehead atoms. The van der Waals surface area contributed by atoms with Crippen LogP contribution in [-0.2, 0) is 26.2 Å². The fourth-order valence-electron chi connectivity index (χ4n) is 4.04. The molecule has 0 aliphatic rings. The number of amides is 2. The van der Waals surface area contributed by atoms with Crippen molar-refractivity contribution >= 4 is 39.1 Å². The van der Waals surface area contributed by atoms with Gasteiger partial charge in [-0.25, -0.2) is 8.42 Å². The zero-order valence-electron chi connectivity index (χ0n) is 24.0. The molecule has 0 aliphatic heterocycles. The molecule has 0 aromatic heterocycles. The Kier molecular flexibility index (Phi) is 10.3. The first-order valence-electron chi connectivity index (χ1n) is 12.9. The van der Waals surface area contributed by atoms with E-state index >= 15 is 0 Å². The van der Waals surface area contributed by atoms with Gasteiger partial charge in [-0.2, -0.15) is 0 Å². The number of hydrogen-bond acceptors (Lipinski definition) is 6. The molecular formula is C30H36ClN3O6S. The minimum Gasteiger partial charge on any atom is -0.497 e. The Morgan fingerprint density at radius 3 is 2.10 bits per heavy atom. The van der Waals surface area contributed by atoms with E-state index in [4.69, 9.17) is 21.1 Å². The van der Waals surface area contributed by atoms with Gasteiger partial charge in [-0.05, 0) is 93.9 Å². The summed E-state index contributed by atoms with van der Waals surface area (Å²) in [7, 11) is -1.19. The van der Waals surface area contributed by atoms with Crippen LogP contribution >= 0.6 is 11.6 Å². The van der Waals surface area contributed by atoms with Gasteiger partial charge in [-0.1, -0.05) is 23.7 Å². The molecule has 220 valence electrons. The predicted molar refractivity (Wildman–Crippen MR) is 160 cm³/mol. The Morgan fingerprint density at radius 1 is 0.927 bits per heavy atom. The van der Waals surface area contributed by atoms with Crippen LogP contribution in [0.2, 0.25) is 5.02 Å². The zero-order valence-corrected chi connectivity index (χ0v) is 25.6. The Bertz CT molecular complexity index is 1450. The van der Waals surface area contributed by atoms with Crippen LogP contribution in [0.1, 0.15) is 33.3 Å². The largest absolute Gasteiger partial charge is 0.497 e. The highest BCUT2D eigenvalue weighted by Gasteiger charge is 2.33. The number of rotatable bonds is 11. The van der Waals surface area contributed by atoms with Crippen LogP contribution < -0.4 is 19.1 Å². The molecule has 0 unspecified atom stereocenters. The van der Waals surface area contributed by atoms with Gasteiger partial charge < -0.3 is 19.7 Å². The van der Waals surface area contributed by atoms with Crippen molar-refractivity contribution in [1.82, 2.24) is 10.2 Å². The first-order chi connectivity index (χ1) is 19.2. The summed E-state index contributed by atoms with van der Waals surface area (Å²) < 4.78 is 39.3. The summed E-state index contributed by atoms with van der Waals surface area (Å²) in [4.78, 5) is 28.5. The molecule has 11 heteroatoms. The molecule has 1 atom stereocenters. The molecule has 9 nitrogen and oxygen atoms in total. The van der Waals surface area contributed by atoms with E-state index in [2.05, 4.69) is 5.32 Å². The maximum Gasteiger partial charge on any atom is 0.264 e. The molecule has 0 saturated carbocycles. The lowest BCUT2D eigenvalue weighted by Gasteiger charge is -2.33. The van der Waals surface area contributed by atoms with Crippen molar-refractivity contribution in [3.8, 4) is 11.5 Å². The number of methoxy groups -OCH3 is 2. The van der Waals surface area contributed by atoms with E-state index in [1.165, 1.54) is 55.5 Å². The van der Waals surface area contributed by atoms with Crippen molar-refractivity contribution in [1.29, 1.82) is 0 Å².